The summed E-state index contributed by atoms with van der Waals surface area (Å²) >= 11 is 0. The Morgan fingerprint density at radius 2 is 1.67 bits per heavy atom. The van der Waals surface area contributed by atoms with E-state index in [2.05, 4.69) is 46.8 Å². The summed E-state index contributed by atoms with van der Waals surface area (Å²) in [6, 6.07) is 0. The Morgan fingerprint density at radius 1 is 0.881 bits per heavy atom. The highest BCUT2D eigenvalue weighted by molar-refractivity contribution is 5.81. The van der Waals surface area contributed by atoms with E-state index < -0.39 is 0 Å². The largest absolute Gasteiger partial charge is 0.299 e. The van der Waals surface area contributed by atoms with Gasteiger partial charge in [0.05, 0.1) is 0 Å². The first-order valence-electron chi connectivity index (χ1n) is 18.2. The number of carbonyl (C=O) groups excluding carboxylic acids is 2. The average Bonchev–Trinajstić information content (AvgIpc) is 3.32. The summed E-state index contributed by atoms with van der Waals surface area (Å²) in [6.45, 7) is 12.6. The third kappa shape index (κ3) is 7.79. The first-order chi connectivity index (χ1) is 20.2. The van der Waals surface area contributed by atoms with Gasteiger partial charge >= 0.3 is 0 Å². The molecule has 0 spiro atoms. The smallest absolute Gasteiger partial charge is 0.142 e. The Hall–Kier alpha value is -1.44. The molecule has 0 N–H and O–H groups in total. The summed E-state index contributed by atoms with van der Waals surface area (Å²) < 4.78 is 0. The zero-order chi connectivity index (χ0) is 30.2. The molecule has 4 aliphatic rings. The minimum absolute atomic E-state index is 0.279. The van der Waals surface area contributed by atoms with E-state index in [1.807, 2.05) is 6.08 Å². The molecule has 42 heavy (non-hydrogen) atoms. The van der Waals surface area contributed by atoms with Crippen LogP contribution in [-0.2, 0) is 9.59 Å². The molecule has 2 nitrogen and oxygen atoms in total. The van der Waals surface area contributed by atoms with E-state index in [0.717, 1.165) is 73.9 Å². The van der Waals surface area contributed by atoms with E-state index in [0.29, 0.717) is 16.6 Å². The number of aldehydes is 1. The number of carbonyl (C=O) groups is 2. The summed E-state index contributed by atoms with van der Waals surface area (Å²) in [6.07, 6.45) is 33.3. The molecular weight excluding hydrogens is 512 g/mol. The molecule has 0 radical (unpaired) electrons. The molecule has 0 saturated heterocycles. The van der Waals surface area contributed by atoms with Crippen molar-refractivity contribution in [3.05, 3.63) is 36.0 Å². The predicted molar refractivity (Wildman–Crippen MR) is 178 cm³/mol. The lowest BCUT2D eigenvalue weighted by Crippen LogP contribution is -2.50. The first-order valence-corrected chi connectivity index (χ1v) is 18.2. The summed E-state index contributed by atoms with van der Waals surface area (Å²) in [4.78, 5) is 23.5. The second-order valence-corrected chi connectivity index (χ2v) is 16.0. The van der Waals surface area contributed by atoms with Crippen LogP contribution in [-0.4, -0.2) is 12.1 Å². The average molecular weight is 577 g/mol. The van der Waals surface area contributed by atoms with Crippen molar-refractivity contribution in [2.75, 3.05) is 0 Å². The molecule has 3 fully saturated rings. The van der Waals surface area contributed by atoms with E-state index in [1.54, 1.807) is 11.6 Å². The van der Waals surface area contributed by atoms with Crippen LogP contribution in [0.25, 0.3) is 0 Å². The van der Waals surface area contributed by atoms with Crippen molar-refractivity contribution in [2.24, 2.45) is 52.3 Å². The zero-order valence-electron chi connectivity index (χ0n) is 28.0. The minimum atomic E-state index is 0.279. The van der Waals surface area contributed by atoms with Crippen molar-refractivity contribution < 1.29 is 9.59 Å². The van der Waals surface area contributed by atoms with Gasteiger partial charge in [-0.15, -0.1) is 0 Å². The van der Waals surface area contributed by atoms with Crippen LogP contribution >= 0.6 is 0 Å². The molecule has 0 aromatic carbocycles. The van der Waals surface area contributed by atoms with Crippen LogP contribution in [0.1, 0.15) is 150 Å². The third-order valence-electron chi connectivity index (χ3n) is 13.0. The Kier molecular flexibility index (Phi) is 12.4. The molecule has 0 amide bonds. The van der Waals surface area contributed by atoms with Gasteiger partial charge in [-0.1, -0.05) is 103 Å². The van der Waals surface area contributed by atoms with Gasteiger partial charge in [0, 0.05) is 12.3 Å². The first kappa shape index (κ1) is 33.5. The predicted octanol–water partition coefficient (Wildman–Crippen LogP) is 11.3. The van der Waals surface area contributed by atoms with E-state index >= 15 is 0 Å². The van der Waals surface area contributed by atoms with Crippen LogP contribution in [0, 0.1) is 52.3 Å². The van der Waals surface area contributed by atoms with E-state index in [4.69, 9.17) is 0 Å². The van der Waals surface area contributed by atoms with Gasteiger partial charge in [0.1, 0.15) is 12.1 Å². The molecule has 4 aliphatic carbocycles. The van der Waals surface area contributed by atoms with Gasteiger partial charge in [-0.05, 0) is 123 Å². The highest BCUT2D eigenvalue weighted by Gasteiger charge is 2.59. The second-order valence-electron chi connectivity index (χ2n) is 16.0. The van der Waals surface area contributed by atoms with E-state index in [9.17, 15) is 9.59 Å². The molecule has 2 heteroatoms. The quantitative estimate of drug-likeness (QED) is 0.0602. The van der Waals surface area contributed by atoms with Crippen molar-refractivity contribution in [1.29, 1.82) is 0 Å². The lowest BCUT2D eigenvalue weighted by molar-refractivity contribution is -0.124. The van der Waals surface area contributed by atoms with Crippen molar-refractivity contribution in [3.8, 4) is 0 Å². The van der Waals surface area contributed by atoms with Crippen LogP contribution in [0.5, 0.6) is 0 Å². The van der Waals surface area contributed by atoms with Crippen LogP contribution < -0.4 is 0 Å². The summed E-state index contributed by atoms with van der Waals surface area (Å²) in [5.41, 5.74) is 2.57. The van der Waals surface area contributed by atoms with E-state index in [-0.39, 0.29) is 5.92 Å². The standard InChI is InChI=1S/C40H64O2/c1-30(2)17-16-18-31(3)35-22-23-36-34-21-20-33-29-32(24-26-39(33,4)37(34)25-27-40(35,36)5)38(42)19-14-12-10-8-6-7-9-11-13-15-28-41/h9,11,13,15,20,28,30-32,34-37H,6-8,10,12,14,16-19,21-27,29H2,1-5H3/b11-9+,15-13+/t31-,32?,34+,35-,36+,37+,39+,40-/m1/s1. The number of hydrogen-bond acceptors (Lipinski definition) is 2. The Morgan fingerprint density at radius 3 is 2.45 bits per heavy atom. The molecular formula is C40H64O2. The zero-order valence-corrected chi connectivity index (χ0v) is 28.0. The van der Waals surface area contributed by atoms with Crippen molar-refractivity contribution >= 4 is 12.1 Å². The fourth-order valence-electron chi connectivity index (χ4n) is 10.5. The third-order valence-corrected chi connectivity index (χ3v) is 13.0. The maximum atomic E-state index is 13.3. The van der Waals surface area contributed by atoms with Gasteiger partial charge in [0.25, 0.3) is 0 Å². The monoisotopic (exact) mass is 576 g/mol. The number of unbranched alkanes of at least 4 members (excludes halogenated alkanes) is 5. The maximum absolute atomic E-state index is 13.3. The highest BCUT2D eigenvalue weighted by atomic mass is 16.1. The number of rotatable bonds is 16. The van der Waals surface area contributed by atoms with Gasteiger partial charge in [-0.2, -0.15) is 0 Å². The summed E-state index contributed by atoms with van der Waals surface area (Å²) in [5.74, 6) is 6.10. The van der Waals surface area contributed by atoms with Gasteiger partial charge < -0.3 is 0 Å². The normalized spacial score (nSPS) is 35.2. The molecule has 1 unspecified atom stereocenters. The van der Waals surface area contributed by atoms with Crippen LogP contribution in [0.4, 0.5) is 0 Å². The van der Waals surface area contributed by atoms with Crippen molar-refractivity contribution in [1.82, 2.24) is 0 Å². The topological polar surface area (TPSA) is 34.1 Å². The van der Waals surface area contributed by atoms with E-state index in [1.165, 1.54) is 89.5 Å². The molecule has 0 bridgehead atoms. The highest BCUT2D eigenvalue weighted by Crippen LogP contribution is 2.67. The van der Waals surface area contributed by atoms with Crippen LogP contribution in [0.15, 0.2) is 36.0 Å². The number of allylic oxidation sites excluding steroid dienone is 6. The molecule has 0 heterocycles. The van der Waals surface area contributed by atoms with Crippen LogP contribution in [0.3, 0.4) is 0 Å². The van der Waals surface area contributed by atoms with Gasteiger partial charge in [-0.3, -0.25) is 9.59 Å². The number of hydrogen-bond donors (Lipinski definition) is 0. The molecule has 0 aromatic rings. The molecule has 8 atom stereocenters. The second kappa shape index (κ2) is 15.5. The minimum Gasteiger partial charge on any atom is -0.299 e. The lowest BCUT2D eigenvalue weighted by Gasteiger charge is -2.58. The molecule has 236 valence electrons. The fourth-order valence-corrected chi connectivity index (χ4v) is 10.5. The maximum Gasteiger partial charge on any atom is 0.142 e. The Bertz CT molecular complexity index is 970. The van der Waals surface area contributed by atoms with Crippen LogP contribution in [0.2, 0.25) is 0 Å². The molecule has 4 rings (SSSR count). The lowest BCUT2D eigenvalue weighted by atomic mass is 9.46. The Balaban J connectivity index is 1.24. The summed E-state index contributed by atoms with van der Waals surface area (Å²) in [5, 5.41) is 0. The molecule has 0 aromatic heterocycles. The Labute approximate surface area is 259 Å². The van der Waals surface area contributed by atoms with Gasteiger partial charge in [0.15, 0.2) is 0 Å². The SMILES string of the molecule is CC(C)CCC[C@@H](C)[C@H]1CC[C@H]2[C@@H]3CC=C4CC(C(=O)CCCCCCC/C=C/C=C/C=O)CC[C@]4(C)[C@H]3CC[C@]12C. The number of ketones is 1. The number of fused-ring (bicyclic) bond motifs is 5. The van der Waals surface area contributed by atoms with Crippen molar-refractivity contribution in [3.63, 3.8) is 0 Å². The summed E-state index contributed by atoms with van der Waals surface area (Å²) in [7, 11) is 0. The number of Topliss-reactive ketones (excluding diaryl/α,β-unsaturated/α-hetero) is 1. The van der Waals surface area contributed by atoms with Crippen molar-refractivity contribution in [2.45, 2.75) is 150 Å². The van der Waals surface area contributed by atoms with Gasteiger partial charge in [0.2, 0.25) is 0 Å². The van der Waals surface area contributed by atoms with Gasteiger partial charge in [-0.25, -0.2) is 0 Å². The molecule has 3 saturated carbocycles. The molecule has 0 aliphatic heterocycles. The fraction of sp³-hybridized carbons (Fsp3) is 0.800.